The maximum Gasteiger partial charge on any atom is 0.330 e. The van der Waals surface area contributed by atoms with Crippen molar-refractivity contribution < 1.29 is 19.1 Å². The third-order valence-corrected chi connectivity index (χ3v) is 6.73. The second-order valence-corrected chi connectivity index (χ2v) is 9.34. The molecule has 194 valence electrons. The van der Waals surface area contributed by atoms with Gasteiger partial charge in [0.05, 0.1) is 37.8 Å². The highest BCUT2D eigenvalue weighted by Gasteiger charge is 2.31. The number of carbonyl (C=O) groups excluding carboxylic acids is 2. The number of benzene rings is 2. The SMILES string of the molecule is COc1cc(OC)cc(N2Cc3cnc(Nc4ccc(-c5nccs5)cc4NC(C)=O)nc3N(C)C2=O)c1. The molecular formula is C26H25N7O4S. The molecule has 0 spiro atoms. The Kier molecular flexibility index (Phi) is 6.79. The summed E-state index contributed by atoms with van der Waals surface area (Å²) in [6.45, 7) is 1.72. The lowest BCUT2D eigenvalue weighted by Crippen LogP contribution is -2.46. The van der Waals surface area contributed by atoms with Crippen LogP contribution in [0.15, 0.2) is 54.2 Å². The summed E-state index contributed by atoms with van der Waals surface area (Å²) in [7, 11) is 4.78. The fourth-order valence-electron chi connectivity index (χ4n) is 4.09. The Morgan fingerprint density at radius 1 is 1.05 bits per heavy atom. The summed E-state index contributed by atoms with van der Waals surface area (Å²) in [5, 5.41) is 8.75. The zero-order chi connectivity index (χ0) is 26.8. The molecule has 1 aliphatic rings. The van der Waals surface area contributed by atoms with E-state index in [2.05, 4.69) is 25.6 Å². The van der Waals surface area contributed by atoms with Crippen LogP contribution >= 0.6 is 11.3 Å². The second kappa shape index (κ2) is 10.3. The van der Waals surface area contributed by atoms with Crippen LogP contribution in [0.4, 0.5) is 33.6 Å². The lowest BCUT2D eigenvalue weighted by Gasteiger charge is -2.34. The number of rotatable bonds is 7. The molecule has 0 fully saturated rings. The van der Waals surface area contributed by atoms with Gasteiger partial charge in [-0.1, -0.05) is 0 Å². The van der Waals surface area contributed by atoms with Gasteiger partial charge in [0.1, 0.15) is 22.3 Å². The first kappa shape index (κ1) is 25.0. The van der Waals surface area contributed by atoms with Crippen LogP contribution in [0.25, 0.3) is 10.6 Å². The molecule has 2 aromatic heterocycles. The lowest BCUT2D eigenvalue weighted by molar-refractivity contribution is -0.114. The van der Waals surface area contributed by atoms with Crippen LogP contribution in [0.2, 0.25) is 0 Å². The van der Waals surface area contributed by atoms with E-state index < -0.39 is 0 Å². The summed E-state index contributed by atoms with van der Waals surface area (Å²) < 4.78 is 10.7. The van der Waals surface area contributed by atoms with Gasteiger partial charge in [-0.15, -0.1) is 11.3 Å². The Bertz CT molecular complexity index is 1490. The third kappa shape index (κ3) is 4.93. The largest absolute Gasteiger partial charge is 0.497 e. The fraction of sp³-hybridized carbons (Fsp3) is 0.192. The summed E-state index contributed by atoms with van der Waals surface area (Å²) in [6.07, 6.45) is 3.41. The van der Waals surface area contributed by atoms with Crippen molar-refractivity contribution in [1.82, 2.24) is 15.0 Å². The van der Waals surface area contributed by atoms with Gasteiger partial charge in [-0.05, 0) is 18.2 Å². The van der Waals surface area contributed by atoms with Crippen LogP contribution in [0.5, 0.6) is 11.5 Å². The number of aromatic nitrogens is 3. The highest BCUT2D eigenvalue weighted by Crippen LogP contribution is 2.35. The fourth-order valence-corrected chi connectivity index (χ4v) is 4.72. The number of urea groups is 1. The van der Waals surface area contributed by atoms with Gasteiger partial charge in [-0.2, -0.15) is 4.98 Å². The molecule has 0 saturated carbocycles. The molecule has 3 amide bonds. The minimum Gasteiger partial charge on any atom is -0.497 e. The van der Waals surface area contributed by atoms with Gasteiger partial charge >= 0.3 is 6.03 Å². The van der Waals surface area contributed by atoms with Crippen LogP contribution in [-0.4, -0.2) is 48.2 Å². The highest BCUT2D eigenvalue weighted by atomic mass is 32.1. The van der Waals surface area contributed by atoms with E-state index in [0.29, 0.717) is 34.4 Å². The summed E-state index contributed by atoms with van der Waals surface area (Å²) in [5.41, 5.74) is 3.44. The number of methoxy groups -OCH3 is 2. The minimum absolute atomic E-state index is 0.213. The summed E-state index contributed by atoms with van der Waals surface area (Å²) >= 11 is 1.51. The quantitative estimate of drug-likeness (QED) is 0.346. The Morgan fingerprint density at radius 2 is 1.82 bits per heavy atom. The van der Waals surface area contributed by atoms with E-state index >= 15 is 0 Å². The van der Waals surface area contributed by atoms with Crippen LogP contribution in [0.3, 0.4) is 0 Å². The molecule has 2 N–H and O–H groups in total. The van der Waals surface area contributed by atoms with Crippen molar-refractivity contribution in [2.24, 2.45) is 0 Å². The molecule has 0 atom stereocenters. The molecule has 3 heterocycles. The predicted octanol–water partition coefficient (Wildman–Crippen LogP) is 4.90. The van der Waals surface area contributed by atoms with Crippen LogP contribution in [-0.2, 0) is 11.3 Å². The van der Waals surface area contributed by atoms with Crippen LogP contribution in [0, 0.1) is 0 Å². The van der Waals surface area contributed by atoms with E-state index in [1.54, 1.807) is 56.8 Å². The molecular weight excluding hydrogens is 506 g/mol. The summed E-state index contributed by atoms with van der Waals surface area (Å²) in [6, 6.07) is 10.6. The Hall–Kier alpha value is -4.71. The molecule has 2 aromatic carbocycles. The van der Waals surface area contributed by atoms with Gasteiger partial charge in [-0.3, -0.25) is 14.6 Å². The first-order valence-corrected chi connectivity index (χ1v) is 12.5. The second-order valence-electron chi connectivity index (χ2n) is 8.44. The van der Waals surface area contributed by atoms with E-state index in [-0.39, 0.29) is 24.4 Å². The number of anilines is 5. The Labute approximate surface area is 223 Å². The Morgan fingerprint density at radius 3 is 2.47 bits per heavy atom. The average molecular weight is 532 g/mol. The molecule has 0 aliphatic carbocycles. The third-order valence-electron chi connectivity index (χ3n) is 5.91. The van der Waals surface area contributed by atoms with E-state index in [1.807, 2.05) is 23.6 Å². The number of nitrogens with zero attached hydrogens (tertiary/aromatic N) is 5. The maximum absolute atomic E-state index is 13.3. The molecule has 38 heavy (non-hydrogen) atoms. The van der Waals surface area contributed by atoms with Crippen LogP contribution < -0.4 is 29.9 Å². The molecule has 5 rings (SSSR count). The molecule has 12 heteroatoms. The molecule has 0 unspecified atom stereocenters. The summed E-state index contributed by atoms with van der Waals surface area (Å²) in [4.78, 5) is 41.7. The van der Waals surface area contributed by atoms with Crippen molar-refractivity contribution in [2.75, 3.05) is 41.7 Å². The summed E-state index contributed by atoms with van der Waals surface area (Å²) in [5.74, 6) is 1.71. The number of carbonyl (C=O) groups is 2. The normalized spacial score (nSPS) is 12.7. The number of hydrogen-bond donors (Lipinski definition) is 2. The van der Waals surface area contributed by atoms with Gasteiger partial charge < -0.3 is 20.1 Å². The van der Waals surface area contributed by atoms with E-state index in [1.165, 1.54) is 23.2 Å². The average Bonchev–Trinajstić information content (AvgIpc) is 3.46. The first-order valence-electron chi connectivity index (χ1n) is 11.6. The van der Waals surface area contributed by atoms with Gasteiger partial charge in [0, 0.05) is 61.1 Å². The number of nitrogens with one attached hydrogen (secondary N) is 2. The van der Waals surface area contributed by atoms with Gasteiger partial charge in [0.25, 0.3) is 0 Å². The predicted molar refractivity (Wildman–Crippen MR) is 147 cm³/mol. The maximum atomic E-state index is 13.3. The number of thiazole rings is 1. The zero-order valence-corrected chi connectivity index (χ0v) is 22.0. The molecule has 11 nitrogen and oxygen atoms in total. The highest BCUT2D eigenvalue weighted by molar-refractivity contribution is 7.13. The van der Waals surface area contributed by atoms with Gasteiger partial charge in [0.15, 0.2) is 0 Å². The van der Waals surface area contributed by atoms with Crippen molar-refractivity contribution in [3.63, 3.8) is 0 Å². The van der Waals surface area contributed by atoms with Crippen molar-refractivity contribution in [3.8, 4) is 22.1 Å². The van der Waals surface area contributed by atoms with E-state index in [9.17, 15) is 9.59 Å². The standard InChI is InChI=1S/C26H25N7O4S/c1-15(34)29-22-9-16(24-27-7-8-38-24)5-6-21(22)30-25-28-13-17-14-33(26(35)32(2)23(17)31-25)18-10-19(36-3)12-20(11-18)37-4/h5-13H,14H2,1-4H3,(H,29,34)(H,28,30,31). The van der Waals surface area contributed by atoms with Crippen molar-refractivity contribution >= 4 is 52.1 Å². The molecule has 0 radical (unpaired) electrons. The van der Waals surface area contributed by atoms with Crippen molar-refractivity contribution in [1.29, 1.82) is 0 Å². The monoisotopic (exact) mass is 531 g/mol. The Balaban J connectivity index is 1.44. The lowest BCUT2D eigenvalue weighted by atomic mass is 10.1. The van der Waals surface area contributed by atoms with Crippen molar-refractivity contribution in [3.05, 3.63) is 59.7 Å². The number of amides is 3. The molecule has 4 aromatic rings. The van der Waals surface area contributed by atoms with E-state index in [4.69, 9.17) is 9.47 Å². The van der Waals surface area contributed by atoms with E-state index in [0.717, 1.165) is 16.1 Å². The molecule has 0 saturated heterocycles. The molecule has 1 aliphatic heterocycles. The number of fused-ring (bicyclic) bond motifs is 1. The van der Waals surface area contributed by atoms with Gasteiger partial charge in [-0.25, -0.2) is 14.8 Å². The minimum atomic E-state index is -0.260. The van der Waals surface area contributed by atoms with Crippen molar-refractivity contribution in [2.45, 2.75) is 13.5 Å². The van der Waals surface area contributed by atoms with Crippen LogP contribution in [0.1, 0.15) is 12.5 Å². The first-order chi connectivity index (χ1) is 18.4. The zero-order valence-electron chi connectivity index (χ0n) is 21.2. The smallest absolute Gasteiger partial charge is 0.330 e. The van der Waals surface area contributed by atoms with Gasteiger partial charge in [0.2, 0.25) is 11.9 Å². The molecule has 0 bridgehead atoms. The topological polar surface area (TPSA) is 122 Å². The number of hydrogen-bond acceptors (Lipinski definition) is 9. The number of ether oxygens (including phenoxy) is 2.